The van der Waals surface area contributed by atoms with Crippen molar-refractivity contribution in [1.82, 2.24) is 15.5 Å². The van der Waals surface area contributed by atoms with Gasteiger partial charge in [-0.15, -0.1) is 0 Å². The molecule has 0 aliphatic carbocycles. The Bertz CT molecular complexity index is 672. The summed E-state index contributed by atoms with van der Waals surface area (Å²) < 4.78 is 6.39. The lowest BCUT2D eigenvalue weighted by atomic mass is 9.70. The number of carbonyl (C=O) groups excluding carboxylic acids is 3. The zero-order valence-corrected chi connectivity index (χ0v) is 19.7. The molecule has 2 bridgehead atoms. The third-order valence-corrected chi connectivity index (χ3v) is 7.29. The van der Waals surface area contributed by atoms with Crippen LogP contribution in [0.1, 0.15) is 78.1 Å². The average molecular weight is 452 g/mol. The van der Waals surface area contributed by atoms with Crippen LogP contribution in [-0.2, 0) is 19.1 Å². The predicted octanol–water partition coefficient (Wildman–Crippen LogP) is 1.75. The van der Waals surface area contributed by atoms with Crippen molar-refractivity contribution in [2.24, 2.45) is 11.8 Å². The standard InChI is InChI=1S/C24H41N3O5/c1-3-5-8-14-26-22(30)20-24-12-11-17(32-24)18(21(29)25-13-4-2)19(24)23(31)27(20)15-9-6-7-10-16-28/h17-20,28H,3-16H2,1-2H3,(H,25,29)(H,26,30)/t17-,18+,19-,20?,24?/m0/s1. The van der Waals surface area contributed by atoms with Gasteiger partial charge in [0.05, 0.1) is 17.9 Å². The van der Waals surface area contributed by atoms with Gasteiger partial charge in [0.15, 0.2) is 0 Å². The van der Waals surface area contributed by atoms with Crippen molar-refractivity contribution < 1.29 is 24.2 Å². The highest BCUT2D eigenvalue weighted by Crippen LogP contribution is 2.58. The van der Waals surface area contributed by atoms with Crippen molar-refractivity contribution in [3.05, 3.63) is 0 Å². The van der Waals surface area contributed by atoms with Crippen molar-refractivity contribution in [3.63, 3.8) is 0 Å². The second-order valence-electron chi connectivity index (χ2n) is 9.51. The van der Waals surface area contributed by atoms with E-state index in [9.17, 15) is 14.4 Å². The number of rotatable bonds is 14. The van der Waals surface area contributed by atoms with Gasteiger partial charge in [-0.25, -0.2) is 0 Å². The number of aliphatic hydroxyl groups excluding tert-OH is 1. The van der Waals surface area contributed by atoms with E-state index in [2.05, 4.69) is 17.6 Å². The Hall–Kier alpha value is -1.67. The topological polar surface area (TPSA) is 108 Å². The third kappa shape index (κ3) is 4.81. The number of ether oxygens (including phenoxy) is 1. The second kappa shape index (κ2) is 11.5. The number of fused-ring (bicyclic) bond motifs is 1. The van der Waals surface area contributed by atoms with Crippen molar-refractivity contribution in [2.45, 2.75) is 95.8 Å². The Morgan fingerprint density at radius 2 is 1.78 bits per heavy atom. The van der Waals surface area contributed by atoms with Crippen LogP contribution in [0.4, 0.5) is 0 Å². The van der Waals surface area contributed by atoms with E-state index in [0.29, 0.717) is 32.5 Å². The molecular weight excluding hydrogens is 410 g/mol. The smallest absolute Gasteiger partial charge is 0.245 e. The Kier molecular flexibility index (Phi) is 8.94. The molecule has 0 aromatic carbocycles. The molecule has 5 atom stereocenters. The van der Waals surface area contributed by atoms with Crippen LogP contribution in [0.15, 0.2) is 0 Å². The number of amides is 3. The van der Waals surface area contributed by atoms with Gasteiger partial charge >= 0.3 is 0 Å². The molecule has 3 aliphatic rings. The maximum atomic E-state index is 13.6. The molecule has 0 radical (unpaired) electrons. The van der Waals surface area contributed by atoms with Crippen LogP contribution >= 0.6 is 0 Å². The van der Waals surface area contributed by atoms with E-state index in [1.807, 2.05) is 6.92 Å². The molecule has 0 saturated carbocycles. The van der Waals surface area contributed by atoms with Gasteiger partial charge in [0.2, 0.25) is 17.7 Å². The molecular formula is C24H41N3O5. The van der Waals surface area contributed by atoms with Crippen molar-refractivity contribution in [1.29, 1.82) is 0 Å². The van der Waals surface area contributed by atoms with Crippen LogP contribution in [0.5, 0.6) is 0 Å². The normalized spacial score (nSPS) is 30.6. The molecule has 182 valence electrons. The Labute approximate surface area is 191 Å². The fraction of sp³-hybridized carbons (Fsp3) is 0.875. The Morgan fingerprint density at radius 1 is 1.03 bits per heavy atom. The van der Waals surface area contributed by atoms with Crippen molar-refractivity contribution in [2.75, 3.05) is 26.2 Å². The van der Waals surface area contributed by atoms with Gasteiger partial charge < -0.3 is 25.4 Å². The number of hydrogen-bond acceptors (Lipinski definition) is 5. The quantitative estimate of drug-likeness (QED) is 0.349. The molecule has 3 rings (SSSR count). The number of carbonyl (C=O) groups is 3. The number of unbranched alkanes of at least 4 members (excludes halogenated alkanes) is 5. The number of hydrogen-bond donors (Lipinski definition) is 3. The van der Waals surface area contributed by atoms with E-state index >= 15 is 0 Å². The third-order valence-electron chi connectivity index (χ3n) is 7.29. The summed E-state index contributed by atoms with van der Waals surface area (Å²) in [7, 11) is 0. The van der Waals surface area contributed by atoms with Crippen LogP contribution in [-0.4, -0.2) is 71.7 Å². The summed E-state index contributed by atoms with van der Waals surface area (Å²) in [6.45, 7) is 5.93. The van der Waals surface area contributed by atoms with Gasteiger partial charge in [-0.2, -0.15) is 0 Å². The lowest BCUT2D eigenvalue weighted by Gasteiger charge is -2.33. The maximum Gasteiger partial charge on any atom is 0.245 e. The van der Waals surface area contributed by atoms with Gasteiger partial charge in [0.1, 0.15) is 11.6 Å². The first-order valence-electron chi connectivity index (χ1n) is 12.7. The molecule has 8 heteroatoms. The van der Waals surface area contributed by atoms with Gasteiger partial charge in [0.25, 0.3) is 0 Å². The van der Waals surface area contributed by atoms with Gasteiger partial charge in [-0.1, -0.05) is 39.5 Å². The van der Waals surface area contributed by atoms with Crippen LogP contribution in [0.2, 0.25) is 0 Å². The lowest BCUT2D eigenvalue weighted by Crippen LogP contribution is -2.55. The molecule has 32 heavy (non-hydrogen) atoms. The van der Waals surface area contributed by atoms with Crippen LogP contribution in [0.3, 0.4) is 0 Å². The molecule has 0 aromatic rings. The minimum Gasteiger partial charge on any atom is -0.396 e. The minimum absolute atomic E-state index is 0.111. The van der Waals surface area contributed by atoms with Crippen LogP contribution in [0.25, 0.3) is 0 Å². The molecule has 1 spiro atoms. The zero-order valence-electron chi connectivity index (χ0n) is 19.7. The predicted molar refractivity (Wildman–Crippen MR) is 121 cm³/mol. The lowest BCUT2D eigenvalue weighted by molar-refractivity contribution is -0.142. The Balaban J connectivity index is 1.78. The fourth-order valence-corrected chi connectivity index (χ4v) is 5.79. The maximum absolute atomic E-state index is 13.6. The summed E-state index contributed by atoms with van der Waals surface area (Å²) in [5.41, 5.74) is -0.893. The van der Waals surface area contributed by atoms with Crippen molar-refractivity contribution >= 4 is 17.7 Å². The first-order chi connectivity index (χ1) is 15.5. The molecule has 3 fully saturated rings. The number of aliphatic hydroxyl groups is 1. The summed E-state index contributed by atoms with van der Waals surface area (Å²) in [6, 6.07) is -0.673. The number of nitrogens with one attached hydrogen (secondary N) is 2. The SMILES string of the molecule is CCCCCNC(=O)C1N(CCCCCCO)C(=O)[C@@H]2[C@H](C(=O)NCCC)[C@@H]3CCC12O3. The fourth-order valence-electron chi connectivity index (χ4n) is 5.79. The summed E-state index contributed by atoms with van der Waals surface area (Å²) in [4.78, 5) is 41.6. The molecule has 8 nitrogen and oxygen atoms in total. The first kappa shape index (κ1) is 25.0. The zero-order chi connectivity index (χ0) is 23.1. The molecule has 3 saturated heterocycles. The van der Waals surface area contributed by atoms with Gasteiger partial charge in [0, 0.05) is 26.2 Å². The largest absolute Gasteiger partial charge is 0.396 e. The minimum atomic E-state index is -0.893. The molecule has 2 unspecified atom stereocenters. The van der Waals surface area contributed by atoms with Crippen molar-refractivity contribution in [3.8, 4) is 0 Å². The molecule has 0 aromatic heterocycles. The van der Waals surface area contributed by atoms with Gasteiger partial charge in [-0.05, 0) is 38.5 Å². The molecule has 3 amide bonds. The monoisotopic (exact) mass is 451 g/mol. The summed E-state index contributed by atoms with van der Waals surface area (Å²) in [6.07, 6.45) is 8.20. The summed E-state index contributed by atoms with van der Waals surface area (Å²) in [5.74, 6) is -1.48. The highest BCUT2D eigenvalue weighted by atomic mass is 16.5. The van der Waals surface area contributed by atoms with E-state index in [1.54, 1.807) is 4.90 Å². The summed E-state index contributed by atoms with van der Waals surface area (Å²) in [5, 5.41) is 15.0. The highest BCUT2D eigenvalue weighted by molar-refractivity contribution is 5.98. The van der Waals surface area contributed by atoms with Crippen LogP contribution in [0, 0.1) is 11.8 Å². The average Bonchev–Trinajstić information content (AvgIpc) is 3.42. The first-order valence-corrected chi connectivity index (χ1v) is 12.7. The highest BCUT2D eigenvalue weighted by Gasteiger charge is 2.74. The van der Waals surface area contributed by atoms with Gasteiger partial charge in [-0.3, -0.25) is 14.4 Å². The molecule has 3 N–H and O–H groups in total. The van der Waals surface area contributed by atoms with E-state index in [-0.39, 0.29) is 30.4 Å². The summed E-state index contributed by atoms with van der Waals surface area (Å²) >= 11 is 0. The molecule has 3 heterocycles. The molecule has 3 aliphatic heterocycles. The Morgan fingerprint density at radius 3 is 2.50 bits per heavy atom. The number of likely N-dealkylation sites (tertiary alicyclic amines) is 1. The van der Waals surface area contributed by atoms with E-state index in [4.69, 9.17) is 9.84 Å². The number of nitrogens with zero attached hydrogens (tertiary/aromatic N) is 1. The van der Waals surface area contributed by atoms with E-state index in [0.717, 1.165) is 51.4 Å². The van der Waals surface area contributed by atoms with E-state index in [1.165, 1.54) is 0 Å². The van der Waals surface area contributed by atoms with Crippen LogP contribution < -0.4 is 10.6 Å². The van der Waals surface area contributed by atoms with E-state index < -0.39 is 23.5 Å². The second-order valence-corrected chi connectivity index (χ2v) is 9.51.